The van der Waals surface area contributed by atoms with E-state index in [4.69, 9.17) is 21.1 Å². The van der Waals surface area contributed by atoms with Crippen molar-refractivity contribution in [3.8, 4) is 5.75 Å². The first-order chi connectivity index (χ1) is 8.66. The lowest BCUT2D eigenvalue weighted by Crippen LogP contribution is -2.11. The lowest BCUT2D eigenvalue weighted by molar-refractivity contribution is 0.0896. The average molecular weight is 271 g/mol. The fraction of sp³-hybridized carbons (Fsp3) is 0.571. The second-order valence-electron chi connectivity index (χ2n) is 4.63. The summed E-state index contributed by atoms with van der Waals surface area (Å²) in [6, 6.07) is 5.32. The van der Waals surface area contributed by atoms with E-state index in [1.54, 1.807) is 25.1 Å². The monoisotopic (exact) mass is 270 g/mol. The zero-order valence-corrected chi connectivity index (χ0v) is 11.3. The predicted octanol–water partition coefficient (Wildman–Crippen LogP) is 3.34. The maximum absolute atomic E-state index is 9.68. The van der Waals surface area contributed by atoms with Crippen molar-refractivity contribution in [1.29, 1.82) is 0 Å². The molecule has 1 heterocycles. The van der Waals surface area contributed by atoms with E-state index in [1.165, 1.54) is 0 Å². The van der Waals surface area contributed by atoms with Gasteiger partial charge in [-0.2, -0.15) is 0 Å². The van der Waals surface area contributed by atoms with Crippen molar-refractivity contribution in [3.05, 3.63) is 28.8 Å². The number of hydrogen-bond acceptors (Lipinski definition) is 3. The summed E-state index contributed by atoms with van der Waals surface area (Å²) in [5.74, 6) is 0.701. The van der Waals surface area contributed by atoms with Crippen molar-refractivity contribution >= 4 is 11.6 Å². The van der Waals surface area contributed by atoms with Gasteiger partial charge in [-0.3, -0.25) is 0 Å². The molecule has 0 saturated carbocycles. The van der Waals surface area contributed by atoms with Gasteiger partial charge >= 0.3 is 0 Å². The summed E-state index contributed by atoms with van der Waals surface area (Å²) in [4.78, 5) is 0. The van der Waals surface area contributed by atoms with E-state index >= 15 is 0 Å². The van der Waals surface area contributed by atoms with Crippen LogP contribution in [-0.4, -0.2) is 24.4 Å². The van der Waals surface area contributed by atoms with E-state index in [0.717, 1.165) is 31.4 Å². The van der Waals surface area contributed by atoms with E-state index in [0.29, 0.717) is 23.5 Å². The molecule has 18 heavy (non-hydrogen) atoms. The van der Waals surface area contributed by atoms with Crippen molar-refractivity contribution in [2.24, 2.45) is 0 Å². The summed E-state index contributed by atoms with van der Waals surface area (Å²) in [5.41, 5.74) is 0.731. The number of ether oxygens (including phenoxy) is 2. The predicted molar refractivity (Wildman–Crippen MR) is 71.2 cm³/mol. The molecule has 2 atom stereocenters. The van der Waals surface area contributed by atoms with Gasteiger partial charge in [0.1, 0.15) is 5.75 Å². The summed E-state index contributed by atoms with van der Waals surface area (Å²) in [6.45, 7) is 3.18. The van der Waals surface area contributed by atoms with Crippen LogP contribution < -0.4 is 4.74 Å². The third-order valence-electron chi connectivity index (χ3n) is 3.14. The Morgan fingerprint density at radius 3 is 3.06 bits per heavy atom. The van der Waals surface area contributed by atoms with Gasteiger partial charge < -0.3 is 14.6 Å². The standard InChI is InChI=1S/C14H19ClO3/c1-10(16)13-9-11(15)4-5-14(13)18-8-6-12-3-2-7-17-12/h4-5,9-10,12,16H,2-3,6-8H2,1H3/t10-,12?/m0/s1. The quantitative estimate of drug-likeness (QED) is 0.892. The lowest BCUT2D eigenvalue weighted by atomic mass is 10.1. The molecule has 1 N–H and O–H groups in total. The van der Waals surface area contributed by atoms with Crippen molar-refractivity contribution in [1.82, 2.24) is 0 Å². The van der Waals surface area contributed by atoms with Crippen LogP contribution in [0.3, 0.4) is 0 Å². The zero-order chi connectivity index (χ0) is 13.0. The topological polar surface area (TPSA) is 38.7 Å². The van der Waals surface area contributed by atoms with E-state index in [9.17, 15) is 5.11 Å². The summed E-state index contributed by atoms with van der Waals surface area (Å²) in [6.07, 6.45) is 2.90. The minimum absolute atomic E-state index is 0.326. The maximum atomic E-state index is 9.68. The maximum Gasteiger partial charge on any atom is 0.125 e. The fourth-order valence-electron chi connectivity index (χ4n) is 2.15. The van der Waals surface area contributed by atoms with Crippen LogP contribution in [0.2, 0.25) is 5.02 Å². The summed E-state index contributed by atoms with van der Waals surface area (Å²) < 4.78 is 11.3. The van der Waals surface area contributed by atoms with E-state index in [-0.39, 0.29) is 0 Å². The number of aliphatic hydroxyl groups excluding tert-OH is 1. The average Bonchev–Trinajstić information content (AvgIpc) is 2.84. The molecule has 1 aliphatic rings. The first-order valence-corrected chi connectivity index (χ1v) is 6.76. The molecule has 100 valence electrons. The van der Waals surface area contributed by atoms with Gasteiger partial charge in [0, 0.05) is 23.6 Å². The molecule has 1 aliphatic heterocycles. The first-order valence-electron chi connectivity index (χ1n) is 6.38. The molecule has 0 amide bonds. The molecule has 2 rings (SSSR count). The minimum atomic E-state index is -0.582. The molecule has 0 aliphatic carbocycles. The van der Waals surface area contributed by atoms with Crippen molar-refractivity contribution in [2.75, 3.05) is 13.2 Å². The number of aliphatic hydroxyl groups is 1. The van der Waals surface area contributed by atoms with Gasteiger partial charge in [0.2, 0.25) is 0 Å². The highest BCUT2D eigenvalue weighted by molar-refractivity contribution is 6.30. The number of halogens is 1. The Balaban J connectivity index is 1.91. The minimum Gasteiger partial charge on any atom is -0.493 e. The normalized spacial score (nSPS) is 20.9. The van der Waals surface area contributed by atoms with Gasteiger partial charge in [0.15, 0.2) is 0 Å². The fourth-order valence-corrected chi connectivity index (χ4v) is 2.33. The van der Waals surface area contributed by atoms with Gasteiger partial charge in [0.05, 0.1) is 18.8 Å². The Morgan fingerprint density at radius 2 is 2.39 bits per heavy atom. The molecule has 0 bridgehead atoms. The first kappa shape index (κ1) is 13.7. The molecule has 1 saturated heterocycles. The van der Waals surface area contributed by atoms with Crippen LogP contribution in [0.4, 0.5) is 0 Å². The highest BCUT2D eigenvalue weighted by Crippen LogP contribution is 2.28. The molecular weight excluding hydrogens is 252 g/mol. The SMILES string of the molecule is C[C@H](O)c1cc(Cl)ccc1OCCC1CCCO1. The molecule has 1 aromatic rings. The van der Waals surface area contributed by atoms with Gasteiger partial charge in [-0.15, -0.1) is 0 Å². The second-order valence-corrected chi connectivity index (χ2v) is 5.07. The molecule has 1 unspecified atom stereocenters. The largest absolute Gasteiger partial charge is 0.493 e. The molecule has 0 radical (unpaired) electrons. The highest BCUT2D eigenvalue weighted by atomic mass is 35.5. The van der Waals surface area contributed by atoms with Crippen molar-refractivity contribution in [2.45, 2.75) is 38.4 Å². The number of benzene rings is 1. The molecule has 1 aromatic carbocycles. The Morgan fingerprint density at radius 1 is 1.56 bits per heavy atom. The van der Waals surface area contributed by atoms with Gasteiger partial charge in [-0.1, -0.05) is 11.6 Å². The highest BCUT2D eigenvalue weighted by Gasteiger charge is 2.16. The van der Waals surface area contributed by atoms with Crippen LogP contribution in [0.1, 0.15) is 37.9 Å². The Hall–Kier alpha value is -0.770. The Bertz CT molecular complexity index is 387. The summed E-state index contributed by atoms with van der Waals surface area (Å²) >= 11 is 5.91. The zero-order valence-electron chi connectivity index (χ0n) is 10.6. The Labute approximate surface area is 113 Å². The van der Waals surface area contributed by atoms with Gasteiger partial charge in [-0.25, -0.2) is 0 Å². The van der Waals surface area contributed by atoms with Crippen LogP contribution in [-0.2, 0) is 4.74 Å². The summed E-state index contributed by atoms with van der Waals surface area (Å²) in [7, 11) is 0. The van der Waals surface area contributed by atoms with Crippen molar-refractivity contribution < 1.29 is 14.6 Å². The van der Waals surface area contributed by atoms with Gasteiger partial charge in [0.25, 0.3) is 0 Å². The summed E-state index contributed by atoms with van der Waals surface area (Å²) in [5, 5.41) is 10.3. The molecular formula is C14H19ClO3. The van der Waals surface area contributed by atoms with Crippen LogP contribution in [0.5, 0.6) is 5.75 Å². The lowest BCUT2D eigenvalue weighted by Gasteiger charge is -2.15. The van der Waals surface area contributed by atoms with Crippen molar-refractivity contribution in [3.63, 3.8) is 0 Å². The molecule has 4 heteroatoms. The Kier molecular flexibility index (Phi) is 4.87. The number of hydrogen-bond donors (Lipinski definition) is 1. The van der Waals surface area contributed by atoms with Crippen LogP contribution >= 0.6 is 11.6 Å². The van der Waals surface area contributed by atoms with Crippen LogP contribution in [0.25, 0.3) is 0 Å². The molecule has 0 spiro atoms. The molecule has 1 fully saturated rings. The molecule has 0 aromatic heterocycles. The van der Waals surface area contributed by atoms with Crippen LogP contribution in [0, 0.1) is 0 Å². The van der Waals surface area contributed by atoms with Crippen LogP contribution in [0.15, 0.2) is 18.2 Å². The third kappa shape index (κ3) is 3.61. The smallest absolute Gasteiger partial charge is 0.125 e. The van der Waals surface area contributed by atoms with E-state index < -0.39 is 6.10 Å². The molecule has 3 nitrogen and oxygen atoms in total. The second kappa shape index (κ2) is 6.41. The van der Waals surface area contributed by atoms with E-state index in [2.05, 4.69) is 0 Å². The van der Waals surface area contributed by atoms with E-state index in [1.807, 2.05) is 0 Å². The third-order valence-corrected chi connectivity index (χ3v) is 3.38. The van der Waals surface area contributed by atoms with Gasteiger partial charge in [-0.05, 0) is 38.0 Å². The number of rotatable bonds is 5.